The van der Waals surface area contributed by atoms with Crippen molar-refractivity contribution >= 4 is 28.2 Å². The SMILES string of the molecule is COc1ncc2c(N3C[C@@H](C)N[C@@H](C)C3)ccc(C(=O)Nc3cnn(C)c3C)c2n1. The molecule has 1 fully saturated rings. The number of hydrogen-bond acceptors (Lipinski definition) is 7. The Morgan fingerprint density at radius 2 is 1.97 bits per heavy atom. The van der Waals surface area contributed by atoms with Gasteiger partial charge in [0, 0.05) is 49.5 Å². The average Bonchev–Trinajstić information content (AvgIpc) is 3.03. The Morgan fingerprint density at radius 3 is 2.60 bits per heavy atom. The molecule has 1 aromatic carbocycles. The molecule has 0 radical (unpaired) electrons. The van der Waals surface area contributed by atoms with E-state index in [2.05, 4.69) is 44.4 Å². The van der Waals surface area contributed by atoms with Gasteiger partial charge in [-0.3, -0.25) is 9.48 Å². The first-order chi connectivity index (χ1) is 14.4. The number of piperazine rings is 1. The van der Waals surface area contributed by atoms with E-state index >= 15 is 0 Å². The van der Waals surface area contributed by atoms with Crippen molar-refractivity contribution in [2.45, 2.75) is 32.9 Å². The summed E-state index contributed by atoms with van der Waals surface area (Å²) < 4.78 is 6.94. The van der Waals surface area contributed by atoms with Crippen LogP contribution in [0, 0.1) is 6.92 Å². The monoisotopic (exact) mass is 409 g/mol. The van der Waals surface area contributed by atoms with E-state index in [4.69, 9.17) is 4.74 Å². The van der Waals surface area contributed by atoms with Crippen LogP contribution in [0.3, 0.4) is 0 Å². The van der Waals surface area contributed by atoms with Crippen molar-refractivity contribution in [1.29, 1.82) is 0 Å². The fraction of sp³-hybridized carbons (Fsp3) is 0.429. The van der Waals surface area contributed by atoms with Gasteiger partial charge < -0.3 is 20.3 Å². The van der Waals surface area contributed by atoms with Gasteiger partial charge in [-0.2, -0.15) is 10.1 Å². The normalized spacial score (nSPS) is 19.2. The number of amides is 1. The van der Waals surface area contributed by atoms with Crippen molar-refractivity contribution in [3.05, 3.63) is 35.8 Å². The van der Waals surface area contributed by atoms with Crippen LogP contribution in [0.5, 0.6) is 6.01 Å². The van der Waals surface area contributed by atoms with Gasteiger partial charge in [-0.15, -0.1) is 0 Å². The van der Waals surface area contributed by atoms with E-state index in [1.54, 1.807) is 17.1 Å². The second-order valence-corrected chi connectivity index (χ2v) is 7.85. The van der Waals surface area contributed by atoms with Gasteiger partial charge in [0.1, 0.15) is 0 Å². The lowest BCUT2D eigenvalue weighted by atomic mass is 10.0. The van der Waals surface area contributed by atoms with Gasteiger partial charge in [0.2, 0.25) is 0 Å². The summed E-state index contributed by atoms with van der Waals surface area (Å²) in [6.07, 6.45) is 3.38. The maximum absolute atomic E-state index is 13.1. The number of carbonyl (C=O) groups excluding carboxylic acids is 1. The van der Waals surface area contributed by atoms with E-state index in [0.29, 0.717) is 28.9 Å². The van der Waals surface area contributed by atoms with Gasteiger partial charge in [-0.05, 0) is 32.9 Å². The largest absolute Gasteiger partial charge is 0.467 e. The van der Waals surface area contributed by atoms with Crippen LogP contribution in [0.15, 0.2) is 24.5 Å². The Morgan fingerprint density at radius 1 is 1.23 bits per heavy atom. The summed E-state index contributed by atoms with van der Waals surface area (Å²) in [6.45, 7) is 7.98. The minimum Gasteiger partial charge on any atom is -0.467 e. The molecule has 9 nitrogen and oxygen atoms in total. The molecule has 0 bridgehead atoms. The molecule has 2 N–H and O–H groups in total. The van der Waals surface area contributed by atoms with Crippen molar-refractivity contribution in [3.8, 4) is 6.01 Å². The Labute approximate surface area is 175 Å². The molecule has 4 rings (SSSR count). The van der Waals surface area contributed by atoms with Crippen molar-refractivity contribution in [1.82, 2.24) is 25.1 Å². The zero-order valence-electron chi connectivity index (χ0n) is 17.9. The molecule has 1 saturated heterocycles. The van der Waals surface area contributed by atoms with Crippen LogP contribution in [0.4, 0.5) is 11.4 Å². The Hall–Kier alpha value is -3.20. The van der Waals surface area contributed by atoms with E-state index in [-0.39, 0.29) is 11.9 Å². The highest BCUT2D eigenvalue weighted by Gasteiger charge is 2.25. The molecule has 3 aromatic rings. The van der Waals surface area contributed by atoms with E-state index in [9.17, 15) is 4.79 Å². The maximum atomic E-state index is 13.1. The predicted octanol–water partition coefficient (Wildman–Crippen LogP) is 2.12. The van der Waals surface area contributed by atoms with Gasteiger partial charge in [0.15, 0.2) is 0 Å². The molecule has 1 amide bonds. The fourth-order valence-electron chi connectivity index (χ4n) is 3.98. The number of anilines is 2. The number of aryl methyl sites for hydroxylation is 1. The number of methoxy groups -OCH3 is 1. The van der Waals surface area contributed by atoms with E-state index in [1.165, 1.54) is 7.11 Å². The second kappa shape index (κ2) is 7.91. The van der Waals surface area contributed by atoms with Gasteiger partial charge in [0.05, 0.1) is 35.8 Å². The fourth-order valence-corrected chi connectivity index (χ4v) is 3.98. The Bertz CT molecular complexity index is 1080. The minimum absolute atomic E-state index is 0.230. The van der Waals surface area contributed by atoms with Crippen molar-refractivity contribution in [2.24, 2.45) is 7.05 Å². The molecule has 0 aliphatic carbocycles. The van der Waals surface area contributed by atoms with Gasteiger partial charge in [-0.1, -0.05) is 0 Å². The zero-order chi connectivity index (χ0) is 21.4. The second-order valence-electron chi connectivity index (χ2n) is 7.85. The first-order valence-electron chi connectivity index (χ1n) is 10.0. The molecule has 0 spiro atoms. The van der Waals surface area contributed by atoms with Crippen molar-refractivity contribution < 1.29 is 9.53 Å². The molecule has 2 atom stereocenters. The summed E-state index contributed by atoms with van der Waals surface area (Å²) in [7, 11) is 3.35. The molecule has 30 heavy (non-hydrogen) atoms. The highest BCUT2D eigenvalue weighted by atomic mass is 16.5. The highest BCUT2D eigenvalue weighted by Crippen LogP contribution is 2.31. The molecular weight excluding hydrogens is 382 g/mol. The molecule has 1 aliphatic heterocycles. The lowest BCUT2D eigenvalue weighted by Crippen LogP contribution is -2.54. The third kappa shape index (κ3) is 3.68. The summed E-state index contributed by atoms with van der Waals surface area (Å²) in [5.41, 5.74) is 3.60. The van der Waals surface area contributed by atoms with Crippen molar-refractivity contribution in [2.75, 3.05) is 30.4 Å². The average molecular weight is 409 g/mol. The van der Waals surface area contributed by atoms with Crippen LogP contribution in [0.2, 0.25) is 0 Å². The number of hydrogen-bond donors (Lipinski definition) is 2. The molecule has 0 unspecified atom stereocenters. The molecule has 0 saturated carbocycles. The molecule has 2 aromatic heterocycles. The van der Waals surface area contributed by atoms with Crippen LogP contribution in [-0.2, 0) is 7.05 Å². The maximum Gasteiger partial charge on any atom is 0.316 e. The lowest BCUT2D eigenvalue weighted by Gasteiger charge is -2.38. The highest BCUT2D eigenvalue weighted by molar-refractivity contribution is 6.14. The van der Waals surface area contributed by atoms with Crippen molar-refractivity contribution in [3.63, 3.8) is 0 Å². The minimum atomic E-state index is -0.245. The molecule has 3 heterocycles. The van der Waals surface area contributed by atoms with E-state index in [1.807, 2.05) is 26.1 Å². The first-order valence-corrected chi connectivity index (χ1v) is 10.0. The molecular formula is C21H27N7O2. The van der Waals surface area contributed by atoms with E-state index < -0.39 is 0 Å². The number of fused-ring (bicyclic) bond motifs is 1. The quantitative estimate of drug-likeness (QED) is 0.681. The van der Waals surface area contributed by atoms with Crippen LogP contribution < -0.4 is 20.3 Å². The van der Waals surface area contributed by atoms with Gasteiger partial charge in [-0.25, -0.2) is 4.98 Å². The van der Waals surface area contributed by atoms with Gasteiger partial charge >= 0.3 is 6.01 Å². The number of aromatic nitrogens is 4. The van der Waals surface area contributed by atoms with E-state index in [0.717, 1.165) is 29.9 Å². The van der Waals surface area contributed by atoms with Gasteiger partial charge in [0.25, 0.3) is 5.91 Å². The molecule has 9 heteroatoms. The summed E-state index contributed by atoms with van der Waals surface area (Å²) in [4.78, 5) is 24.2. The molecule has 1 aliphatic rings. The number of nitrogens with one attached hydrogen (secondary N) is 2. The lowest BCUT2D eigenvalue weighted by molar-refractivity contribution is 0.102. The summed E-state index contributed by atoms with van der Waals surface area (Å²) in [6, 6.07) is 4.75. The number of ether oxygens (including phenoxy) is 1. The Balaban J connectivity index is 1.77. The third-order valence-electron chi connectivity index (χ3n) is 5.51. The number of nitrogens with zero attached hydrogens (tertiary/aromatic N) is 5. The first kappa shape index (κ1) is 20.1. The zero-order valence-corrected chi connectivity index (χ0v) is 17.9. The molecule has 158 valence electrons. The standard InChI is InChI=1S/C21H27N7O2/c1-12-10-28(11-13(2)24-12)18-7-6-15(19-16(18)8-22-21(26-19)30-5)20(29)25-17-9-23-27(4)14(17)3/h6-9,12-13,24H,10-11H2,1-5H3,(H,25,29)/t12-,13+. The number of benzene rings is 1. The summed E-state index contributed by atoms with van der Waals surface area (Å²) in [5, 5.41) is 11.5. The number of carbonyl (C=O) groups is 1. The van der Waals surface area contributed by atoms with Crippen LogP contribution in [-0.4, -0.2) is 57.9 Å². The predicted molar refractivity (Wildman–Crippen MR) is 116 cm³/mol. The summed E-state index contributed by atoms with van der Waals surface area (Å²) >= 11 is 0. The summed E-state index contributed by atoms with van der Waals surface area (Å²) in [5.74, 6) is -0.245. The Kier molecular flexibility index (Phi) is 5.29. The third-order valence-corrected chi connectivity index (χ3v) is 5.51. The van der Waals surface area contributed by atoms with Crippen LogP contribution >= 0.6 is 0 Å². The smallest absolute Gasteiger partial charge is 0.316 e. The topological polar surface area (TPSA) is 97.2 Å². The van der Waals surface area contributed by atoms with Crippen LogP contribution in [0.1, 0.15) is 29.9 Å². The van der Waals surface area contributed by atoms with Crippen LogP contribution in [0.25, 0.3) is 10.9 Å². The number of rotatable bonds is 4.